The van der Waals surface area contributed by atoms with Crippen LogP contribution in [0.25, 0.3) is 0 Å². The van der Waals surface area contributed by atoms with Gasteiger partial charge in [-0.2, -0.15) is 0 Å². The number of carbonyl (C=O) groups is 1. The predicted molar refractivity (Wildman–Crippen MR) is 93.1 cm³/mol. The van der Waals surface area contributed by atoms with Crippen LogP contribution in [-0.2, 0) is 14.8 Å². The highest BCUT2D eigenvalue weighted by atomic mass is 32.2. The number of amides is 1. The van der Waals surface area contributed by atoms with Crippen molar-refractivity contribution < 1.29 is 13.2 Å². The first-order chi connectivity index (χ1) is 10.8. The van der Waals surface area contributed by atoms with Crippen LogP contribution in [0.5, 0.6) is 0 Å². The second kappa shape index (κ2) is 6.83. The summed E-state index contributed by atoms with van der Waals surface area (Å²) in [5.41, 5.74) is 1.18. The smallest absolute Gasteiger partial charge is 0.250 e. The number of rotatable bonds is 5. The standard InChI is InChI=1S/C17H20N2O3S/c1-14(17(20)18(2)15-10-6-4-7-11-15)19(23(3,21)22)16-12-8-5-9-13-16/h4-14H,1-3H3/t14-/m0/s1. The second-order valence-electron chi connectivity index (χ2n) is 5.30. The van der Waals surface area contributed by atoms with E-state index in [1.807, 2.05) is 18.2 Å². The van der Waals surface area contributed by atoms with Crippen LogP contribution in [-0.4, -0.2) is 33.7 Å². The minimum Gasteiger partial charge on any atom is -0.314 e. The fraction of sp³-hybridized carbons (Fsp3) is 0.235. The summed E-state index contributed by atoms with van der Waals surface area (Å²) >= 11 is 0. The summed E-state index contributed by atoms with van der Waals surface area (Å²) in [4.78, 5) is 14.2. The van der Waals surface area contributed by atoms with Crippen LogP contribution in [0.2, 0.25) is 0 Å². The first-order valence-electron chi connectivity index (χ1n) is 7.19. The minimum atomic E-state index is -3.59. The van der Waals surface area contributed by atoms with E-state index in [-0.39, 0.29) is 5.91 Å². The molecule has 0 saturated carbocycles. The van der Waals surface area contributed by atoms with E-state index in [1.165, 1.54) is 4.90 Å². The number of likely N-dealkylation sites (N-methyl/N-ethyl adjacent to an activating group) is 1. The van der Waals surface area contributed by atoms with E-state index in [0.29, 0.717) is 11.4 Å². The van der Waals surface area contributed by atoms with E-state index in [0.717, 1.165) is 10.6 Å². The maximum atomic E-state index is 12.7. The van der Waals surface area contributed by atoms with Crippen molar-refractivity contribution >= 4 is 27.3 Å². The Balaban J connectivity index is 2.35. The van der Waals surface area contributed by atoms with Gasteiger partial charge in [0.25, 0.3) is 0 Å². The zero-order chi connectivity index (χ0) is 17.0. The largest absolute Gasteiger partial charge is 0.314 e. The molecule has 0 aliphatic rings. The molecule has 0 N–H and O–H groups in total. The first-order valence-corrected chi connectivity index (χ1v) is 9.04. The van der Waals surface area contributed by atoms with Gasteiger partial charge in [-0.25, -0.2) is 8.42 Å². The number of carbonyl (C=O) groups excluding carboxylic acids is 1. The van der Waals surface area contributed by atoms with Crippen LogP contribution >= 0.6 is 0 Å². The molecule has 5 nitrogen and oxygen atoms in total. The minimum absolute atomic E-state index is 0.300. The van der Waals surface area contributed by atoms with E-state index >= 15 is 0 Å². The maximum absolute atomic E-state index is 12.7. The lowest BCUT2D eigenvalue weighted by Gasteiger charge is -2.31. The SMILES string of the molecule is C[C@@H](C(=O)N(C)c1ccccc1)N(c1ccccc1)S(C)(=O)=O. The average molecular weight is 332 g/mol. The van der Waals surface area contributed by atoms with Gasteiger partial charge < -0.3 is 4.90 Å². The van der Waals surface area contributed by atoms with Crippen LogP contribution < -0.4 is 9.21 Å². The molecule has 0 spiro atoms. The Morgan fingerprint density at radius 3 is 1.78 bits per heavy atom. The van der Waals surface area contributed by atoms with Crippen molar-refractivity contribution in [2.24, 2.45) is 0 Å². The van der Waals surface area contributed by atoms with E-state index in [9.17, 15) is 13.2 Å². The molecule has 2 aromatic carbocycles. The quantitative estimate of drug-likeness (QED) is 0.845. The molecule has 122 valence electrons. The summed E-state index contributed by atoms with van der Waals surface area (Å²) in [6.07, 6.45) is 1.10. The summed E-state index contributed by atoms with van der Waals surface area (Å²) in [6, 6.07) is 16.9. The fourth-order valence-corrected chi connectivity index (χ4v) is 3.61. The van der Waals surface area contributed by atoms with Gasteiger partial charge in [-0.3, -0.25) is 9.10 Å². The van der Waals surface area contributed by atoms with Crippen molar-refractivity contribution in [3.63, 3.8) is 0 Å². The number of anilines is 2. The maximum Gasteiger partial charge on any atom is 0.250 e. The van der Waals surface area contributed by atoms with E-state index in [1.54, 1.807) is 56.4 Å². The van der Waals surface area contributed by atoms with Crippen LogP contribution in [0.15, 0.2) is 60.7 Å². The Labute approximate surface area is 137 Å². The average Bonchev–Trinajstić information content (AvgIpc) is 2.54. The summed E-state index contributed by atoms with van der Waals surface area (Å²) < 4.78 is 25.5. The molecule has 0 saturated heterocycles. The number of hydrogen-bond donors (Lipinski definition) is 0. The van der Waals surface area contributed by atoms with Gasteiger partial charge in [-0.1, -0.05) is 36.4 Å². The molecule has 0 aromatic heterocycles. The van der Waals surface area contributed by atoms with Crippen LogP contribution in [0.3, 0.4) is 0 Å². The van der Waals surface area contributed by atoms with Crippen molar-refractivity contribution in [1.29, 1.82) is 0 Å². The van der Waals surface area contributed by atoms with Crippen molar-refractivity contribution in [3.05, 3.63) is 60.7 Å². The molecule has 23 heavy (non-hydrogen) atoms. The lowest BCUT2D eigenvalue weighted by Crippen LogP contribution is -2.48. The highest BCUT2D eigenvalue weighted by molar-refractivity contribution is 7.92. The predicted octanol–water partition coefficient (Wildman–Crippen LogP) is 2.50. The Bertz CT molecular complexity index is 761. The van der Waals surface area contributed by atoms with Crippen molar-refractivity contribution in [2.75, 3.05) is 22.5 Å². The van der Waals surface area contributed by atoms with Crippen molar-refractivity contribution in [1.82, 2.24) is 0 Å². The molecule has 0 radical (unpaired) electrons. The summed E-state index contributed by atoms with van der Waals surface area (Å²) in [7, 11) is -1.95. The zero-order valence-electron chi connectivity index (χ0n) is 13.4. The molecule has 0 aliphatic carbocycles. The van der Waals surface area contributed by atoms with Gasteiger partial charge in [0.05, 0.1) is 11.9 Å². The fourth-order valence-electron chi connectivity index (χ4n) is 2.44. The third kappa shape index (κ3) is 3.90. The van der Waals surface area contributed by atoms with Crippen LogP contribution in [0, 0.1) is 0 Å². The molecule has 1 amide bonds. The molecule has 0 aliphatic heterocycles. The normalized spacial score (nSPS) is 12.5. The second-order valence-corrected chi connectivity index (χ2v) is 7.16. The third-order valence-corrected chi connectivity index (χ3v) is 4.79. The van der Waals surface area contributed by atoms with Gasteiger partial charge in [0.1, 0.15) is 6.04 Å². The first kappa shape index (κ1) is 17.0. The lowest BCUT2D eigenvalue weighted by molar-refractivity contribution is -0.119. The molecule has 6 heteroatoms. The molecule has 0 heterocycles. The molecule has 2 aromatic rings. The molecule has 0 bridgehead atoms. The van der Waals surface area contributed by atoms with Gasteiger partial charge in [0.2, 0.25) is 15.9 Å². The van der Waals surface area contributed by atoms with Crippen molar-refractivity contribution in [3.8, 4) is 0 Å². The van der Waals surface area contributed by atoms with Gasteiger partial charge in [-0.05, 0) is 31.2 Å². The lowest BCUT2D eigenvalue weighted by atomic mass is 10.2. The Hall–Kier alpha value is -2.34. The molecule has 1 atom stereocenters. The van der Waals surface area contributed by atoms with Gasteiger partial charge in [-0.15, -0.1) is 0 Å². The summed E-state index contributed by atoms with van der Waals surface area (Å²) in [5, 5.41) is 0. The van der Waals surface area contributed by atoms with Gasteiger partial charge in [0, 0.05) is 12.7 Å². The Kier molecular flexibility index (Phi) is 5.05. The van der Waals surface area contributed by atoms with Crippen LogP contribution in [0.1, 0.15) is 6.92 Å². The molecular formula is C17H20N2O3S. The monoisotopic (exact) mass is 332 g/mol. The topological polar surface area (TPSA) is 57.7 Å². The zero-order valence-corrected chi connectivity index (χ0v) is 14.2. The number of sulfonamides is 1. The third-order valence-electron chi connectivity index (χ3n) is 3.55. The number of hydrogen-bond acceptors (Lipinski definition) is 3. The highest BCUT2D eigenvalue weighted by Gasteiger charge is 2.31. The van der Waals surface area contributed by atoms with Crippen LogP contribution in [0.4, 0.5) is 11.4 Å². The Morgan fingerprint density at radius 2 is 1.35 bits per heavy atom. The highest BCUT2D eigenvalue weighted by Crippen LogP contribution is 2.22. The molecular weight excluding hydrogens is 312 g/mol. The number of para-hydroxylation sites is 2. The van der Waals surface area contributed by atoms with E-state index in [4.69, 9.17) is 0 Å². The van der Waals surface area contributed by atoms with Gasteiger partial charge >= 0.3 is 0 Å². The molecule has 0 unspecified atom stereocenters. The van der Waals surface area contributed by atoms with Crippen molar-refractivity contribution in [2.45, 2.75) is 13.0 Å². The Morgan fingerprint density at radius 1 is 0.913 bits per heavy atom. The number of nitrogens with zero attached hydrogens (tertiary/aromatic N) is 2. The number of benzene rings is 2. The molecule has 2 rings (SSSR count). The van der Waals surface area contributed by atoms with E-state index in [2.05, 4.69) is 0 Å². The van der Waals surface area contributed by atoms with E-state index < -0.39 is 16.1 Å². The van der Waals surface area contributed by atoms with Gasteiger partial charge in [0.15, 0.2) is 0 Å². The summed E-state index contributed by atoms with van der Waals surface area (Å²) in [5.74, 6) is -0.300. The molecule has 0 fully saturated rings. The summed E-state index contributed by atoms with van der Waals surface area (Å²) in [6.45, 7) is 1.59.